The van der Waals surface area contributed by atoms with Crippen LogP contribution in [0, 0.1) is 0 Å². The van der Waals surface area contributed by atoms with Gasteiger partial charge in [0.15, 0.2) is 5.82 Å². The number of rotatable bonds is 3. The van der Waals surface area contributed by atoms with Gasteiger partial charge in [-0.2, -0.15) is 16.4 Å². The molecule has 3 rings (SSSR count). The van der Waals surface area contributed by atoms with E-state index in [2.05, 4.69) is 15.2 Å². The molecule has 2 aromatic rings. The first kappa shape index (κ1) is 13.3. The van der Waals surface area contributed by atoms with Crippen LogP contribution in [0.15, 0.2) is 16.8 Å². The highest BCUT2D eigenvalue weighted by Crippen LogP contribution is 2.21. The SMILES string of the molecule is CCc1nc(C2CN(C(=O)c3ccsc3)CCO2)n[nH]1. The summed E-state index contributed by atoms with van der Waals surface area (Å²) in [6, 6.07) is 1.85. The van der Waals surface area contributed by atoms with Crippen molar-refractivity contribution in [1.29, 1.82) is 0 Å². The highest BCUT2D eigenvalue weighted by molar-refractivity contribution is 7.08. The van der Waals surface area contributed by atoms with Gasteiger partial charge >= 0.3 is 0 Å². The van der Waals surface area contributed by atoms with Crippen molar-refractivity contribution in [2.45, 2.75) is 19.4 Å². The van der Waals surface area contributed by atoms with Gasteiger partial charge in [-0.3, -0.25) is 9.89 Å². The Kier molecular flexibility index (Phi) is 3.79. The molecule has 1 aliphatic rings. The van der Waals surface area contributed by atoms with Crippen molar-refractivity contribution in [3.63, 3.8) is 0 Å². The smallest absolute Gasteiger partial charge is 0.254 e. The molecule has 3 heterocycles. The summed E-state index contributed by atoms with van der Waals surface area (Å²) in [6.45, 7) is 3.63. The molecule has 20 heavy (non-hydrogen) atoms. The van der Waals surface area contributed by atoms with Gasteiger partial charge in [0, 0.05) is 18.3 Å². The number of aryl methyl sites for hydroxylation is 1. The van der Waals surface area contributed by atoms with E-state index in [-0.39, 0.29) is 12.0 Å². The lowest BCUT2D eigenvalue weighted by molar-refractivity contribution is -0.0266. The maximum atomic E-state index is 12.3. The highest BCUT2D eigenvalue weighted by Gasteiger charge is 2.28. The molecule has 1 unspecified atom stereocenters. The van der Waals surface area contributed by atoms with Crippen LogP contribution in [0.4, 0.5) is 0 Å². The van der Waals surface area contributed by atoms with Gasteiger partial charge in [-0.1, -0.05) is 6.92 Å². The van der Waals surface area contributed by atoms with Gasteiger partial charge in [0.1, 0.15) is 11.9 Å². The second-order valence-electron chi connectivity index (χ2n) is 4.62. The fraction of sp³-hybridized carbons (Fsp3) is 0.462. The number of carbonyl (C=O) groups excluding carboxylic acids is 1. The fourth-order valence-corrected chi connectivity index (χ4v) is 2.80. The van der Waals surface area contributed by atoms with E-state index in [4.69, 9.17) is 4.74 Å². The number of amides is 1. The number of hydrogen-bond acceptors (Lipinski definition) is 5. The third kappa shape index (κ3) is 2.59. The summed E-state index contributed by atoms with van der Waals surface area (Å²) in [5, 5.41) is 10.8. The van der Waals surface area contributed by atoms with Crippen molar-refractivity contribution in [3.8, 4) is 0 Å². The molecule has 0 aliphatic carbocycles. The van der Waals surface area contributed by atoms with E-state index in [0.717, 1.165) is 17.8 Å². The zero-order valence-electron chi connectivity index (χ0n) is 11.2. The van der Waals surface area contributed by atoms with Gasteiger partial charge in [-0.25, -0.2) is 4.98 Å². The Hall–Kier alpha value is -1.73. The molecule has 0 aromatic carbocycles. The molecule has 1 N–H and O–H groups in total. The van der Waals surface area contributed by atoms with E-state index < -0.39 is 0 Å². The van der Waals surface area contributed by atoms with Gasteiger partial charge < -0.3 is 9.64 Å². The van der Waals surface area contributed by atoms with Gasteiger partial charge in [-0.05, 0) is 11.4 Å². The Bertz CT molecular complexity index is 581. The summed E-state index contributed by atoms with van der Waals surface area (Å²) in [4.78, 5) is 18.5. The van der Waals surface area contributed by atoms with Crippen molar-refractivity contribution >= 4 is 17.2 Å². The first-order chi connectivity index (χ1) is 9.78. The number of morpholine rings is 1. The van der Waals surface area contributed by atoms with E-state index in [0.29, 0.717) is 25.5 Å². The largest absolute Gasteiger partial charge is 0.366 e. The Labute approximate surface area is 120 Å². The van der Waals surface area contributed by atoms with Crippen LogP contribution in [0.5, 0.6) is 0 Å². The molecule has 1 saturated heterocycles. The highest BCUT2D eigenvalue weighted by atomic mass is 32.1. The number of hydrogen-bond donors (Lipinski definition) is 1. The molecule has 0 bridgehead atoms. The third-order valence-electron chi connectivity index (χ3n) is 3.29. The van der Waals surface area contributed by atoms with Gasteiger partial charge in [0.05, 0.1) is 18.7 Å². The molecule has 106 valence electrons. The molecule has 0 radical (unpaired) electrons. The first-order valence-corrected chi connectivity index (χ1v) is 7.56. The number of aromatic nitrogens is 3. The van der Waals surface area contributed by atoms with E-state index in [9.17, 15) is 4.79 Å². The molecular formula is C13H16N4O2S. The van der Waals surface area contributed by atoms with Crippen LogP contribution < -0.4 is 0 Å². The molecule has 7 heteroatoms. The quantitative estimate of drug-likeness (QED) is 0.933. The van der Waals surface area contributed by atoms with Crippen LogP contribution in [0.25, 0.3) is 0 Å². The summed E-state index contributed by atoms with van der Waals surface area (Å²) in [5.41, 5.74) is 0.736. The van der Waals surface area contributed by atoms with E-state index >= 15 is 0 Å². The molecular weight excluding hydrogens is 276 g/mol. The van der Waals surface area contributed by atoms with Crippen LogP contribution in [-0.4, -0.2) is 45.7 Å². The minimum atomic E-state index is -0.247. The van der Waals surface area contributed by atoms with Gasteiger partial charge in [0.25, 0.3) is 5.91 Å². The number of thiophene rings is 1. The number of ether oxygens (including phenoxy) is 1. The summed E-state index contributed by atoms with van der Waals surface area (Å²) in [6.07, 6.45) is 0.556. The summed E-state index contributed by atoms with van der Waals surface area (Å²) in [5.74, 6) is 1.51. The lowest BCUT2D eigenvalue weighted by Gasteiger charge is -2.31. The van der Waals surface area contributed by atoms with E-state index in [1.807, 2.05) is 23.8 Å². The summed E-state index contributed by atoms with van der Waals surface area (Å²) >= 11 is 1.53. The van der Waals surface area contributed by atoms with Crippen LogP contribution in [0.3, 0.4) is 0 Å². The van der Waals surface area contributed by atoms with Crippen LogP contribution in [0.2, 0.25) is 0 Å². The van der Waals surface area contributed by atoms with Crippen molar-refractivity contribution in [3.05, 3.63) is 34.0 Å². The molecule has 2 aromatic heterocycles. The third-order valence-corrected chi connectivity index (χ3v) is 3.98. The fourth-order valence-electron chi connectivity index (χ4n) is 2.17. The van der Waals surface area contributed by atoms with Crippen molar-refractivity contribution in [1.82, 2.24) is 20.1 Å². The predicted octanol–water partition coefficient (Wildman–Crippen LogP) is 1.64. The van der Waals surface area contributed by atoms with Crippen molar-refractivity contribution in [2.24, 2.45) is 0 Å². The van der Waals surface area contributed by atoms with Gasteiger partial charge in [0.2, 0.25) is 0 Å². The first-order valence-electron chi connectivity index (χ1n) is 6.62. The molecule has 1 atom stereocenters. The van der Waals surface area contributed by atoms with Crippen LogP contribution in [0.1, 0.15) is 35.0 Å². The molecule has 1 aliphatic heterocycles. The maximum absolute atomic E-state index is 12.3. The summed E-state index contributed by atoms with van der Waals surface area (Å²) in [7, 11) is 0. The number of nitrogens with zero attached hydrogens (tertiary/aromatic N) is 3. The Morgan fingerprint density at radius 3 is 3.25 bits per heavy atom. The number of H-pyrrole nitrogens is 1. The normalized spacial score (nSPS) is 19.2. The van der Waals surface area contributed by atoms with E-state index in [1.54, 1.807) is 4.90 Å². The number of carbonyl (C=O) groups is 1. The average molecular weight is 292 g/mol. The Balaban J connectivity index is 1.71. The topological polar surface area (TPSA) is 71.1 Å². The lowest BCUT2D eigenvalue weighted by atomic mass is 10.2. The molecule has 1 amide bonds. The summed E-state index contributed by atoms with van der Waals surface area (Å²) < 4.78 is 5.68. The second-order valence-corrected chi connectivity index (χ2v) is 5.40. The van der Waals surface area contributed by atoms with Crippen molar-refractivity contribution in [2.75, 3.05) is 19.7 Å². The van der Waals surface area contributed by atoms with Crippen molar-refractivity contribution < 1.29 is 9.53 Å². The Morgan fingerprint density at radius 2 is 2.55 bits per heavy atom. The lowest BCUT2D eigenvalue weighted by Crippen LogP contribution is -2.42. The molecule has 1 fully saturated rings. The van der Waals surface area contributed by atoms with Gasteiger partial charge in [-0.15, -0.1) is 0 Å². The zero-order valence-corrected chi connectivity index (χ0v) is 12.0. The number of nitrogens with one attached hydrogen (secondary N) is 1. The number of aromatic amines is 1. The molecule has 6 nitrogen and oxygen atoms in total. The molecule has 0 saturated carbocycles. The van der Waals surface area contributed by atoms with Crippen LogP contribution in [-0.2, 0) is 11.2 Å². The monoisotopic (exact) mass is 292 g/mol. The molecule has 0 spiro atoms. The van der Waals surface area contributed by atoms with E-state index in [1.165, 1.54) is 11.3 Å². The minimum absolute atomic E-state index is 0.0470. The standard InChI is InChI=1S/C13H16N4O2S/c1-2-11-14-12(16-15-11)10-7-17(4-5-19-10)13(18)9-3-6-20-8-9/h3,6,8,10H,2,4-5,7H2,1H3,(H,14,15,16). The Morgan fingerprint density at radius 1 is 1.65 bits per heavy atom. The minimum Gasteiger partial charge on any atom is -0.366 e. The van der Waals surface area contributed by atoms with Crippen LogP contribution >= 0.6 is 11.3 Å². The predicted molar refractivity (Wildman–Crippen MR) is 74.7 cm³/mol. The second kappa shape index (κ2) is 5.72. The maximum Gasteiger partial charge on any atom is 0.254 e. The average Bonchev–Trinajstić information content (AvgIpc) is 3.17. The zero-order chi connectivity index (χ0) is 13.9.